The van der Waals surface area contributed by atoms with Crippen molar-refractivity contribution in [3.63, 3.8) is 0 Å². The summed E-state index contributed by atoms with van der Waals surface area (Å²) in [6.07, 6.45) is 2.98. The predicted octanol–water partition coefficient (Wildman–Crippen LogP) is 1.31. The Hall–Kier alpha value is -1.88. The summed E-state index contributed by atoms with van der Waals surface area (Å²) in [5, 5.41) is 0. The average molecular weight is 276 g/mol. The maximum absolute atomic E-state index is 11.8. The summed E-state index contributed by atoms with van der Waals surface area (Å²) in [6.45, 7) is 1.57. The number of likely N-dealkylation sites (tertiary alicyclic amines) is 1. The van der Waals surface area contributed by atoms with Crippen molar-refractivity contribution in [1.82, 2.24) is 4.90 Å². The number of nitrogens with two attached hydrogens (primary N) is 1. The lowest BCUT2D eigenvalue weighted by atomic mass is 10.0. The van der Waals surface area contributed by atoms with Crippen LogP contribution in [0.15, 0.2) is 24.3 Å². The number of ether oxygens (including phenoxy) is 1. The number of methoxy groups -OCH3 is 1. The van der Waals surface area contributed by atoms with Gasteiger partial charge in [0.1, 0.15) is 6.04 Å². The van der Waals surface area contributed by atoms with Crippen LogP contribution in [0, 0.1) is 0 Å². The summed E-state index contributed by atoms with van der Waals surface area (Å²) in [6, 6.07) is 7.03. The minimum Gasteiger partial charge on any atom is -0.468 e. The van der Waals surface area contributed by atoms with E-state index in [9.17, 15) is 9.59 Å². The van der Waals surface area contributed by atoms with Crippen LogP contribution in [0.3, 0.4) is 0 Å². The lowest BCUT2D eigenvalue weighted by Gasteiger charge is -2.33. The first-order valence-electron chi connectivity index (χ1n) is 6.82. The summed E-state index contributed by atoms with van der Waals surface area (Å²) in [5.74, 6) is -0.597. The normalized spacial score (nSPS) is 19.6. The zero-order valence-corrected chi connectivity index (χ0v) is 11.7. The fourth-order valence-corrected chi connectivity index (χ4v) is 2.59. The highest BCUT2D eigenvalue weighted by Gasteiger charge is 2.29. The molecular weight excluding hydrogens is 256 g/mol. The van der Waals surface area contributed by atoms with Crippen LogP contribution in [0.2, 0.25) is 0 Å². The van der Waals surface area contributed by atoms with Gasteiger partial charge >= 0.3 is 5.97 Å². The molecule has 0 radical (unpaired) electrons. The molecule has 2 rings (SSSR count). The van der Waals surface area contributed by atoms with E-state index in [2.05, 4.69) is 4.90 Å². The van der Waals surface area contributed by atoms with Gasteiger partial charge in [-0.15, -0.1) is 0 Å². The van der Waals surface area contributed by atoms with Crippen molar-refractivity contribution in [2.45, 2.75) is 31.8 Å². The topological polar surface area (TPSA) is 72.6 Å². The largest absolute Gasteiger partial charge is 0.468 e. The smallest absolute Gasteiger partial charge is 0.323 e. The van der Waals surface area contributed by atoms with Crippen molar-refractivity contribution in [2.24, 2.45) is 5.73 Å². The van der Waals surface area contributed by atoms with E-state index in [4.69, 9.17) is 10.5 Å². The van der Waals surface area contributed by atoms with E-state index in [1.807, 2.05) is 12.1 Å². The molecule has 5 heteroatoms. The van der Waals surface area contributed by atoms with Crippen molar-refractivity contribution >= 4 is 11.9 Å². The minimum atomic E-state index is -0.429. The second kappa shape index (κ2) is 6.52. The number of carbonyl (C=O) groups is 2. The molecule has 1 saturated heterocycles. The number of piperidine rings is 1. The van der Waals surface area contributed by atoms with Gasteiger partial charge in [-0.05, 0) is 37.1 Å². The summed E-state index contributed by atoms with van der Waals surface area (Å²) in [4.78, 5) is 25.0. The van der Waals surface area contributed by atoms with Crippen molar-refractivity contribution in [2.75, 3.05) is 13.7 Å². The second-order valence-corrected chi connectivity index (χ2v) is 5.07. The van der Waals surface area contributed by atoms with Gasteiger partial charge in [-0.3, -0.25) is 14.5 Å². The molecule has 0 spiro atoms. The molecule has 0 bridgehead atoms. The van der Waals surface area contributed by atoms with Crippen LogP contribution in [-0.4, -0.2) is 36.5 Å². The lowest BCUT2D eigenvalue weighted by Crippen LogP contribution is -2.44. The Morgan fingerprint density at radius 2 is 2.00 bits per heavy atom. The van der Waals surface area contributed by atoms with Crippen molar-refractivity contribution < 1.29 is 14.3 Å². The number of hydrogen-bond acceptors (Lipinski definition) is 4. The van der Waals surface area contributed by atoms with Gasteiger partial charge < -0.3 is 10.5 Å². The van der Waals surface area contributed by atoms with E-state index in [0.29, 0.717) is 12.1 Å². The molecule has 0 aliphatic carbocycles. The van der Waals surface area contributed by atoms with Crippen LogP contribution in [0.1, 0.15) is 35.2 Å². The molecule has 2 N–H and O–H groups in total. The van der Waals surface area contributed by atoms with E-state index in [1.165, 1.54) is 7.11 Å². The fraction of sp³-hybridized carbons (Fsp3) is 0.467. The van der Waals surface area contributed by atoms with E-state index >= 15 is 0 Å². The Balaban J connectivity index is 2.06. The number of carbonyl (C=O) groups excluding carboxylic acids is 2. The van der Waals surface area contributed by atoms with E-state index in [1.54, 1.807) is 12.1 Å². The molecule has 1 aromatic rings. The monoisotopic (exact) mass is 276 g/mol. The Morgan fingerprint density at radius 3 is 2.60 bits per heavy atom. The van der Waals surface area contributed by atoms with Gasteiger partial charge in [0.05, 0.1) is 7.11 Å². The predicted molar refractivity (Wildman–Crippen MR) is 75.0 cm³/mol. The summed E-state index contributed by atoms with van der Waals surface area (Å²) >= 11 is 0. The zero-order valence-electron chi connectivity index (χ0n) is 11.7. The van der Waals surface area contributed by atoms with Crippen LogP contribution in [0.5, 0.6) is 0 Å². The number of primary amides is 1. The molecule has 1 aliphatic rings. The van der Waals surface area contributed by atoms with Crippen LogP contribution in [-0.2, 0) is 16.1 Å². The van der Waals surface area contributed by atoms with Crippen LogP contribution >= 0.6 is 0 Å². The number of benzene rings is 1. The van der Waals surface area contributed by atoms with Crippen LogP contribution < -0.4 is 5.73 Å². The SMILES string of the molecule is COC(=O)[C@@H]1CCCCN1Cc1ccc(C(N)=O)cc1. The van der Waals surface area contributed by atoms with Gasteiger partial charge in [-0.25, -0.2) is 0 Å². The molecule has 108 valence electrons. The second-order valence-electron chi connectivity index (χ2n) is 5.07. The Bertz CT molecular complexity index is 484. The number of esters is 1. The molecule has 1 aliphatic heterocycles. The molecule has 1 aromatic carbocycles. The molecule has 1 fully saturated rings. The van der Waals surface area contributed by atoms with Gasteiger partial charge in [-0.1, -0.05) is 18.6 Å². The number of nitrogens with zero attached hydrogens (tertiary/aromatic N) is 1. The zero-order chi connectivity index (χ0) is 14.5. The molecule has 0 saturated carbocycles. The maximum Gasteiger partial charge on any atom is 0.323 e. The number of amides is 1. The third-order valence-corrected chi connectivity index (χ3v) is 3.71. The van der Waals surface area contributed by atoms with Gasteiger partial charge in [0.15, 0.2) is 0 Å². The van der Waals surface area contributed by atoms with E-state index in [0.717, 1.165) is 31.4 Å². The Morgan fingerprint density at radius 1 is 1.30 bits per heavy atom. The molecule has 1 amide bonds. The van der Waals surface area contributed by atoms with Crippen LogP contribution in [0.25, 0.3) is 0 Å². The third-order valence-electron chi connectivity index (χ3n) is 3.71. The summed E-state index contributed by atoms with van der Waals surface area (Å²) < 4.78 is 4.87. The average Bonchev–Trinajstić information content (AvgIpc) is 2.47. The quantitative estimate of drug-likeness (QED) is 0.842. The lowest BCUT2D eigenvalue weighted by molar-refractivity contribution is -0.148. The highest BCUT2D eigenvalue weighted by Crippen LogP contribution is 2.20. The molecule has 5 nitrogen and oxygen atoms in total. The van der Waals surface area contributed by atoms with Crippen molar-refractivity contribution in [3.8, 4) is 0 Å². The maximum atomic E-state index is 11.8. The Kier molecular flexibility index (Phi) is 4.74. The first-order valence-corrected chi connectivity index (χ1v) is 6.82. The molecule has 1 heterocycles. The molecule has 0 unspecified atom stereocenters. The van der Waals surface area contributed by atoms with Crippen molar-refractivity contribution in [3.05, 3.63) is 35.4 Å². The van der Waals surface area contributed by atoms with E-state index in [-0.39, 0.29) is 12.0 Å². The van der Waals surface area contributed by atoms with Gasteiger partial charge in [-0.2, -0.15) is 0 Å². The number of rotatable bonds is 4. The van der Waals surface area contributed by atoms with Crippen molar-refractivity contribution in [1.29, 1.82) is 0 Å². The van der Waals surface area contributed by atoms with Gasteiger partial charge in [0.25, 0.3) is 0 Å². The first-order chi connectivity index (χ1) is 9.61. The molecule has 1 atom stereocenters. The standard InChI is InChI=1S/C15H20N2O3/c1-20-15(19)13-4-2-3-9-17(13)10-11-5-7-12(8-6-11)14(16)18/h5-8,13H,2-4,9-10H2,1H3,(H2,16,18)/t13-/m0/s1. The third kappa shape index (κ3) is 3.36. The molecular formula is C15H20N2O3. The summed E-state index contributed by atoms with van der Waals surface area (Å²) in [7, 11) is 1.43. The minimum absolute atomic E-state index is 0.162. The van der Waals surface area contributed by atoms with Gasteiger partial charge in [0, 0.05) is 12.1 Å². The van der Waals surface area contributed by atoms with Gasteiger partial charge in [0.2, 0.25) is 5.91 Å². The highest BCUT2D eigenvalue weighted by atomic mass is 16.5. The number of hydrogen-bond donors (Lipinski definition) is 1. The highest BCUT2D eigenvalue weighted by molar-refractivity contribution is 5.92. The van der Waals surface area contributed by atoms with Crippen LogP contribution in [0.4, 0.5) is 0 Å². The molecule has 0 aromatic heterocycles. The Labute approximate surface area is 118 Å². The summed E-state index contributed by atoms with van der Waals surface area (Å²) in [5.41, 5.74) is 6.78. The van der Waals surface area contributed by atoms with E-state index < -0.39 is 5.91 Å². The fourth-order valence-electron chi connectivity index (χ4n) is 2.59. The molecule has 20 heavy (non-hydrogen) atoms. The first kappa shape index (κ1) is 14.5.